The van der Waals surface area contributed by atoms with E-state index >= 15 is 0 Å². The molecule has 2 aliphatic heterocycles. The van der Waals surface area contributed by atoms with Crippen molar-refractivity contribution in [3.05, 3.63) is 82.5 Å². The van der Waals surface area contributed by atoms with Gasteiger partial charge in [-0.1, -0.05) is 25.3 Å². The minimum absolute atomic E-state index is 0. The quantitative estimate of drug-likeness (QED) is 0.188. The fraction of sp³-hybridized carbons (Fsp3) is 0.235. The number of H-pyrrole nitrogens is 2. The van der Waals surface area contributed by atoms with Crippen LogP contribution in [0, 0.1) is 13.8 Å². The van der Waals surface area contributed by atoms with Crippen LogP contribution in [-0.2, 0) is 9.59 Å². The minimum Gasteiger partial charge on any atom is -0.481 e. The molecule has 0 atom stereocenters. The molecule has 0 aromatic carbocycles. The van der Waals surface area contributed by atoms with Gasteiger partial charge < -0.3 is 20.2 Å². The first-order valence-electron chi connectivity index (χ1n) is 13.9. The number of carbonyl (C=O) groups is 2. The number of carboxylic acids is 2. The summed E-state index contributed by atoms with van der Waals surface area (Å²) in [6.07, 6.45) is 4.20. The number of hydrogen-bond acceptors (Lipinski definition) is 4. The van der Waals surface area contributed by atoms with Gasteiger partial charge in [-0.3, -0.25) is 9.59 Å². The molecule has 0 unspecified atom stereocenters. The summed E-state index contributed by atoms with van der Waals surface area (Å²) >= 11 is 0. The van der Waals surface area contributed by atoms with Gasteiger partial charge in [0.2, 0.25) is 0 Å². The molecule has 3 aromatic heterocycles. The number of fused-ring (bicyclic) bond motifs is 8. The maximum Gasteiger partial charge on any atom is 0.303 e. The maximum atomic E-state index is 11.5. The number of carboxylic acid groups (broad SMARTS) is 2. The molecule has 225 valence electrons. The molecule has 44 heavy (non-hydrogen) atoms. The van der Waals surface area contributed by atoms with Gasteiger partial charge in [0.25, 0.3) is 0 Å². The number of aromatic amines is 2. The van der Waals surface area contributed by atoms with Gasteiger partial charge in [0.15, 0.2) is 0 Å². The summed E-state index contributed by atoms with van der Waals surface area (Å²) in [4.78, 5) is 40.0. The summed E-state index contributed by atoms with van der Waals surface area (Å²) in [5, 5.41) is 18.9. The number of aromatic nitrogens is 4. The number of rotatable bonds is 8. The van der Waals surface area contributed by atoms with Crippen molar-refractivity contribution in [1.82, 2.24) is 19.9 Å². The Morgan fingerprint density at radius 3 is 1.48 bits per heavy atom. The van der Waals surface area contributed by atoms with Crippen LogP contribution in [0.1, 0.15) is 84.6 Å². The van der Waals surface area contributed by atoms with Crippen molar-refractivity contribution in [2.75, 3.05) is 0 Å². The van der Waals surface area contributed by atoms with Crippen LogP contribution >= 0.6 is 12.4 Å². The van der Waals surface area contributed by atoms with E-state index in [0.717, 1.165) is 78.0 Å². The molecular weight excluding hydrogens is 679 g/mol. The van der Waals surface area contributed by atoms with Crippen LogP contribution in [0.5, 0.6) is 0 Å². The second-order valence-electron chi connectivity index (χ2n) is 10.7. The molecule has 3 radical (unpaired) electrons. The van der Waals surface area contributed by atoms with Crippen LogP contribution in [0.25, 0.3) is 56.5 Å². The first kappa shape index (κ1) is 34.7. The summed E-state index contributed by atoms with van der Waals surface area (Å²) in [6.45, 7) is 16.1. The summed E-state index contributed by atoms with van der Waals surface area (Å²) in [6, 6.07) is 7.88. The monoisotopic (exact) mass is 713 g/mol. The molecule has 10 heteroatoms. The van der Waals surface area contributed by atoms with E-state index in [-0.39, 0.29) is 51.1 Å². The van der Waals surface area contributed by atoms with Crippen molar-refractivity contribution in [3.63, 3.8) is 0 Å². The van der Waals surface area contributed by atoms with Crippen molar-refractivity contribution in [3.8, 4) is 0 Å². The molecule has 5 heterocycles. The van der Waals surface area contributed by atoms with E-state index in [9.17, 15) is 19.8 Å². The third kappa shape index (κ3) is 6.49. The number of aryl methyl sites for hydroxylation is 2. The molecule has 0 saturated carbocycles. The van der Waals surface area contributed by atoms with Gasteiger partial charge in [-0.15, -0.1) is 12.4 Å². The van der Waals surface area contributed by atoms with Crippen molar-refractivity contribution >= 4 is 107 Å². The molecule has 5 rings (SSSR count). The Bertz CT molecular complexity index is 1930. The molecule has 0 saturated heterocycles. The second kappa shape index (κ2) is 13.9. The third-order valence-corrected chi connectivity index (χ3v) is 8.22. The van der Waals surface area contributed by atoms with Crippen LogP contribution in [0.3, 0.4) is 0 Å². The van der Waals surface area contributed by atoms with Crippen LogP contribution in [0.4, 0.5) is 0 Å². The fourth-order valence-corrected chi connectivity index (χ4v) is 5.77. The van der Waals surface area contributed by atoms with Crippen LogP contribution in [0.2, 0.25) is 0 Å². The van der Waals surface area contributed by atoms with Crippen molar-refractivity contribution < 1.29 is 19.8 Å². The zero-order valence-corrected chi connectivity index (χ0v) is 29.4. The molecule has 0 aliphatic carbocycles. The van der Waals surface area contributed by atoms with Gasteiger partial charge in [-0.05, 0) is 98.2 Å². The Balaban J connectivity index is 0.00000264. The van der Waals surface area contributed by atoms with Gasteiger partial charge in [-0.2, -0.15) is 0 Å². The number of nitrogens with one attached hydrogen (secondary N) is 2. The summed E-state index contributed by atoms with van der Waals surface area (Å²) in [7, 11) is 0. The summed E-state index contributed by atoms with van der Waals surface area (Å²) in [5.41, 5.74) is 13.7. The number of hydrogen-bond donors (Lipinski definition) is 4. The van der Waals surface area contributed by atoms with Crippen molar-refractivity contribution in [2.45, 2.75) is 53.4 Å². The second-order valence-corrected chi connectivity index (χ2v) is 10.7. The van der Waals surface area contributed by atoms with E-state index in [4.69, 9.17) is 9.97 Å². The average molecular weight is 714 g/mol. The predicted molar refractivity (Wildman–Crippen MR) is 182 cm³/mol. The van der Waals surface area contributed by atoms with E-state index in [1.54, 1.807) is 0 Å². The van der Waals surface area contributed by atoms with Crippen molar-refractivity contribution in [2.24, 2.45) is 0 Å². The Morgan fingerprint density at radius 1 is 0.682 bits per heavy atom. The van der Waals surface area contributed by atoms with E-state index < -0.39 is 11.9 Å². The standard InChI is InChI=1S/C34H34N4O4.ClH.In/c1-7-21-17(3)25-13-26-19(5)23(9-11-33(39)40)31(37-26)16-32-24(10-12-34(41)42)20(6)28(38-32)15-30-22(8-2)18(4)27(36-30)14-29(21)35-25;;/h7-8,13-16,35-36H,1-2,9-12H2,3-6H3,(H,39,40)(H,41,42);1H;. The zero-order valence-electron chi connectivity index (χ0n) is 25.3. The number of aliphatic carboxylic acids is 2. The van der Waals surface area contributed by atoms with Gasteiger partial charge in [-0.25, -0.2) is 9.97 Å². The Kier molecular flexibility index (Phi) is 10.9. The minimum atomic E-state index is -0.889. The van der Waals surface area contributed by atoms with Gasteiger partial charge in [0, 0.05) is 71.9 Å². The number of allylic oxidation sites excluding steroid dienone is 4. The number of nitrogens with zero attached hydrogens (tertiary/aromatic N) is 2. The zero-order chi connectivity index (χ0) is 30.3. The normalized spacial score (nSPS) is 12.5. The Hall–Kier alpha value is -3.82. The summed E-state index contributed by atoms with van der Waals surface area (Å²) < 4.78 is 0. The molecule has 8 bridgehead atoms. The third-order valence-electron chi connectivity index (χ3n) is 8.22. The first-order chi connectivity index (χ1) is 20.0. The first-order valence-corrected chi connectivity index (χ1v) is 13.9. The molecule has 4 N–H and O–H groups in total. The largest absolute Gasteiger partial charge is 0.481 e. The molecule has 0 fully saturated rings. The van der Waals surface area contributed by atoms with E-state index in [2.05, 4.69) is 29.2 Å². The molecule has 8 nitrogen and oxygen atoms in total. The van der Waals surface area contributed by atoms with Gasteiger partial charge in [0.1, 0.15) is 0 Å². The average Bonchev–Trinajstić information content (AvgIpc) is 3.59. The molecule has 3 aromatic rings. The van der Waals surface area contributed by atoms with Crippen molar-refractivity contribution in [1.29, 1.82) is 0 Å². The molecule has 0 spiro atoms. The van der Waals surface area contributed by atoms with Gasteiger partial charge >= 0.3 is 11.9 Å². The van der Waals surface area contributed by atoms with Crippen LogP contribution in [0.15, 0.2) is 37.4 Å². The number of halogens is 1. The predicted octanol–water partition coefficient (Wildman–Crippen LogP) is 7.85. The van der Waals surface area contributed by atoms with Gasteiger partial charge in [0.05, 0.1) is 22.8 Å². The molecular formula is C34H35ClInN4O4. The molecule has 0 amide bonds. The van der Waals surface area contributed by atoms with E-state index in [0.29, 0.717) is 24.2 Å². The van der Waals surface area contributed by atoms with E-state index in [1.807, 2.05) is 58.0 Å². The smallest absolute Gasteiger partial charge is 0.303 e. The SMILES string of the molecule is C=Cc1c(C)c2cc3[nH]c(cc4nc(cc5nc(cc1[nH]2)C(C)=C5CCC(=O)O)C(CCC(=O)O)=C4C)c(C)c3C=C.Cl.[In]. The Labute approximate surface area is 281 Å². The topological polar surface area (TPSA) is 132 Å². The maximum absolute atomic E-state index is 11.5. The molecule has 2 aliphatic rings. The van der Waals surface area contributed by atoms with E-state index in [1.165, 1.54) is 0 Å². The summed E-state index contributed by atoms with van der Waals surface area (Å²) in [5.74, 6) is -1.78. The van der Waals surface area contributed by atoms with Crippen LogP contribution in [-0.4, -0.2) is 67.9 Å². The fourth-order valence-electron chi connectivity index (χ4n) is 5.77. The van der Waals surface area contributed by atoms with Crippen LogP contribution < -0.4 is 0 Å². The Morgan fingerprint density at radius 2 is 1.07 bits per heavy atom.